The monoisotopic (exact) mass is 263 g/mol. The highest BCUT2D eigenvalue weighted by atomic mass is 16.1. The van der Waals surface area contributed by atoms with Gasteiger partial charge >= 0.3 is 0 Å². The zero-order valence-electron chi connectivity index (χ0n) is 11.3. The van der Waals surface area contributed by atoms with Gasteiger partial charge in [-0.3, -0.25) is 9.69 Å². The van der Waals surface area contributed by atoms with E-state index >= 15 is 0 Å². The molecule has 1 amide bonds. The van der Waals surface area contributed by atoms with E-state index < -0.39 is 0 Å². The van der Waals surface area contributed by atoms with E-state index in [1.807, 2.05) is 6.92 Å². The molecule has 104 valence electrons. The maximum atomic E-state index is 10.9. The zero-order chi connectivity index (χ0) is 13.8. The Hall–Kier alpha value is -1.69. The molecule has 6 nitrogen and oxygen atoms in total. The van der Waals surface area contributed by atoms with Crippen molar-refractivity contribution in [3.05, 3.63) is 17.6 Å². The second-order valence-corrected chi connectivity index (χ2v) is 5.24. The number of aromatic nitrogens is 2. The molecule has 2 heterocycles. The number of piperidine rings is 1. The van der Waals surface area contributed by atoms with Gasteiger partial charge in [-0.05, 0) is 38.8 Å². The smallest absolute Gasteiger partial charge is 0.217 e. The molecule has 2 rings (SSSR count). The standard InChI is InChI=1S/C13H21N5O/c1-9-6-11(14)17-13(16-9)8-18-4-2-10(3-5-18)7-12(15)19/h6,10H,2-5,7-8H2,1H3,(H2,15,19)(H2,14,16,17). The van der Waals surface area contributed by atoms with Crippen molar-refractivity contribution in [2.24, 2.45) is 11.7 Å². The molecule has 0 radical (unpaired) electrons. The predicted octanol–water partition coefficient (Wildman–Crippen LogP) is 0.455. The van der Waals surface area contributed by atoms with Crippen molar-refractivity contribution in [2.75, 3.05) is 18.8 Å². The number of likely N-dealkylation sites (tertiary alicyclic amines) is 1. The Bertz CT molecular complexity index is 434. The highest BCUT2D eigenvalue weighted by Crippen LogP contribution is 2.21. The Morgan fingerprint density at radius 2 is 2.11 bits per heavy atom. The molecular formula is C13H21N5O. The van der Waals surface area contributed by atoms with Crippen LogP contribution in [0.3, 0.4) is 0 Å². The Morgan fingerprint density at radius 3 is 2.68 bits per heavy atom. The van der Waals surface area contributed by atoms with Crippen LogP contribution in [0.5, 0.6) is 0 Å². The summed E-state index contributed by atoms with van der Waals surface area (Å²) < 4.78 is 0. The van der Waals surface area contributed by atoms with Gasteiger partial charge in [-0.15, -0.1) is 0 Å². The quantitative estimate of drug-likeness (QED) is 0.822. The average molecular weight is 263 g/mol. The number of anilines is 1. The van der Waals surface area contributed by atoms with Gasteiger partial charge in [0.2, 0.25) is 5.91 Å². The van der Waals surface area contributed by atoms with Crippen molar-refractivity contribution in [2.45, 2.75) is 32.7 Å². The Morgan fingerprint density at radius 1 is 1.42 bits per heavy atom. The van der Waals surface area contributed by atoms with Crippen molar-refractivity contribution in [1.29, 1.82) is 0 Å². The molecule has 0 saturated carbocycles. The fraction of sp³-hybridized carbons (Fsp3) is 0.615. The minimum atomic E-state index is -0.201. The van der Waals surface area contributed by atoms with E-state index in [0.717, 1.165) is 44.0 Å². The Labute approximate surface area is 113 Å². The van der Waals surface area contributed by atoms with E-state index in [4.69, 9.17) is 11.5 Å². The first kappa shape index (κ1) is 13.7. The van der Waals surface area contributed by atoms with Gasteiger partial charge in [0, 0.05) is 18.2 Å². The van der Waals surface area contributed by atoms with E-state index in [1.54, 1.807) is 6.07 Å². The van der Waals surface area contributed by atoms with Gasteiger partial charge in [0.05, 0.1) is 6.54 Å². The molecule has 1 fully saturated rings. The molecule has 1 aromatic heterocycles. The first-order valence-electron chi connectivity index (χ1n) is 6.63. The number of primary amides is 1. The van der Waals surface area contributed by atoms with Gasteiger partial charge in [0.25, 0.3) is 0 Å². The highest BCUT2D eigenvalue weighted by Gasteiger charge is 2.21. The van der Waals surface area contributed by atoms with Crippen LogP contribution in [0.15, 0.2) is 6.07 Å². The summed E-state index contributed by atoms with van der Waals surface area (Å²) in [7, 11) is 0. The van der Waals surface area contributed by atoms with Gasteiger partial charge in [-0.25, -0.2) is 9.97 Å². The van der Waals surface area contributed by atoms with Crippen LogP contribution in [0, 0.1) is 12.8 Å². The lowest BCUT2D eigenvalue weighted by atomic mass is 9.93. The predicted molar refractivity (Wildman–Crippen MR) is 73.0 cm³/mol. The van der Waals surface area contributed by atoms with Gasteiger partial charge in [0.1, 0.15) is 11.6 Å². The number of hydrogen-bond acceptors (Lipinski definition) is 5. The Kier molecular flexibility index (Phi) is 4.31. The first-order chi connectivity index (χ1) is 9.02. The van der Waals surface area contributed by atoms with E-state index in [2.05, 4.69) is 14.9 Å². The van der Waals surface area contributed by atoms with Crippen molar-refractivity contribution in [3.8, 4) is 0 Å². The summed E-state index contributed by atoms with van der Waals surface area (Å²) in [6.07, 6.45) is 2.51. The summed E-state index contributed by atoms with van der Waals surface area (Å²) in [6.45, 7) is 4.54. The molecule has 4 N–H and O–H groups in total. The summed E-state index contributed by atoms with van der Waals surface area (Å²) in [4.78, 5) is 21.8. The molecule has 0 aromatic carbocycles. The number of nitrogen functional groups attached to an aromatic ring is 1. The minimum Gasteiger partial charge on any atom is -0.384 e. The van der Waals surface area contributed by atoms with E-state index in [9.17, 15) is 4.79 Å². The molecule has 1 saturated heterocycles. The van der Waals surface area contributed by atoms with Gasteiger partial charge in [-0.2, -0.15) is 0 Å². The van der Waals surface area contributed by atoms with Crippen LogP contribution in [0.1, 0.15) is 30.8 Å². The minimum absolute atomic E-state index is 0.201. The largest absolute Gasteiger partial charge is 0.384 e. The summed E-state index contributed by atoms with van der Waals surface area (Å²) >= 11 is 0. The molecule has 0 atom stereocenters. The lowest BCUT2D eigenvalue weighted by Gasteiger charge is -2.30. The second-order valence-electron chi connectivity index (χ2n) is 5.24. The van der Waals surface area contributed by atoms with E-state index in [1.165, 1.54) is 0 Å². The molecule has 19 heavy (non-hydrogen) atoms. The van der Waals surface area contributed by atoms with Gasteiger partial charge < -0.3 is 11.5 Å². The number of rotatable bonds is 4. The van der Waals surface area contributed by atoms with Crippen LogP contribution in [0.2, 0.25) is 0 Å². The Balaban J connectivity index is 1.86. The summed E-state index contributed by atoms with van der Waals surface area (Å²) in [6, 6.07) is 1.77. The molecule has 1 aromatic rings. The van der Waals surface area contributed by atoms with Crippen molar-refractivity contribution in [1.82, 2.24) is 14.9 Å². The van der Waals surface area contributed by atoms with E-state index in [0.29, 0.717) is 18.2 Å². The van der Waals surface area contributed by atoms with Crippen LogP contribution in [-0.4, -0.2) is 33.9 Å². The summed E-state index contributed by atoms with van der Waals surface area (Å²) in [5, 5.41) is 0. The van der Waals surface area contributed by atoms with Crippen molar-refractivity contribution >= 4 is 11.7 Å². The third kappa shape index (κ3) is 4.17. The number of nitrogens with two attached hydrogens (primary N) is 2. The number of carbonyl (C=O) groups is 1. The molecule has 0 unspecified atom stereocenters. The number of hydrogen-bond donors (Lipinski definition) is 2. The van der Waals surface area contributed by atoms with E-state index in [-0.39, 0.29) is 5.91 Å². The third-order valence-corrected chi connectivity index (χ3v) is 3.48. The average Bonchev–Trinajstić information content (AvgIpc) is 2.29. The van der Waals surface area contributed by atoms with Crippen LogP contribution < -0.4 is 11.5 Å². The second kappa shape index (κ2) is 5.97. The van der Waals surface area contributed by atoms with Crippen LogP contribution in [0.25, 0.3) is 0 Å². The highest BCUT2D eigenvalue weighted by molar-refractivity contribution is 5.73. The lowest BCUT2D eigenvalue weighted by molar-refractivity contribution is -0.119. The number of amides is 1. The lowest BCUT2D eigenvalue weighted by Crippen LogP contribution is -2.35. The zero-order valence-corrected chi connectivity index (χ0v) is 11.3. The number of carbonyl (C=O) groups excluding carboxylic acids is 1. The summed E-state index contributed by atoms with van der Waals surface area (Å²) in [5.74, 6) is 1.52. The SMILES string of the molecule is Cc1cc(N)nc(CN2CCC(CC(N)=O)CC2)n1. The fourth-order valence-electron chi connectivity index (χ4n) is 2.56. The topological polar surface area (TPSA) is 98.1 Å². The van der Waals surface area contributed by atoms with Gasteiger partial charge in [0.15, 0.2) is 0 Å². The van der Waals surface area contributed by atoms with Crippen LogP contribution >= 0.6 is 0 Å². The van der Waals surface area contributed by atoms with Crippen molar-refractivity contribution < 1.29 is 4.79 Å². The maximum Gasteiger partial charge on any atom is 0.217 e. The molecule has 0 spiro atoms. The van der Waals surface area contributed by atoms with Crippen LogP contribution in [-0.2, 0) is 11.3 Å². The fourth-order valence-corrected chi connectivity index (χ4v) is 2.56. The summed E-state index contributed by atoms with van der Waals surface area (Å²) in [5.41, 5.74) is 11.8. The van der Waals surface area contributed by atoms with Crippen molar-refractivity contribution in [3.63, 3.8) is 0 Å². The van der Waals surface area contributed by atoms with Crippen LogP contribution in [0.4, 0.5) is 5.82 Å². The molecule has 0 bridgehead atoms. The molecule has 1 aliphatic heterocycles. The molecule has 6 heteroatoms. The first-order valence-corrected chi connectivity index (χ1v) is 6.63. The number of aryl methyl sites for hydroxylation is 1. The normalized spacial score (nSPS) is 17.5. The number of nitrogens with zero attached hydrogens (tertiary/aromatic N) is 3. The third-order valence-electron chi connectivity index (χ3n) is 3.48. The molecule has 0 aliphatic carbocycles. The maximum absolute atomic E-state index is 10.9. The van der Waals surface area contributed by atoms with Gasteiger partial charge in [-0.1, -0.05) is 0 Å². The molecular weight excluding hydrogens is 242 g/mol. The molecule has 1 aliphatic rings.